The van der Waals surface area contributed by atoms with Gasteiger partial charge in [0.25, 0.3) is 0 Å². The highest BCUT2D eigenvalue weighted by molar-refractivity contribution is 7.88. The average molecular weight is 299 g/mol. The number of carbonyl (C=O) groups excluding carboxylic acids is 1. The zero-order valence-corrected chi connectivity index (χ0v) is 12.6. The molecular weight excluding hydrogens is 278 g/mol. The highest BCUT2D eigenvalue weighted by Crippen LogP contribution is 2.16. The van der Waals surface area contributed by atoms with Crippen molar-refractivity contribution >= 4 is 21.6 Å². The van der Waals surface area contributed by atoms with Crippen molar-refractivity contribution in [1.29, 1.82) is 0 Å². The molecule has 0 atom stereocenters. The van der Waals surface area contributed by atoms with E-state index in [0.29, 0.717) is 17.8 Å². The fraction of sp³-hybridized carbons (Fsp3) is 0.462. The highest BCUT2D eigenvalue weighted by Gasteiger charge is 2.23. The van der Waals surface area contributed by atoms with E-state index in [9.17, 15) is 13.2 Å². The molecule has 0 aliphatic heterocycles. The van der Waals surface area contributed by atoms with Crippen molar-refractivity contribution in [1.82, 2.24) is 9.62 Å². The summed E-state index contributed by atoms with van der Waals surface area (Å²) in [5, 5.41) is 2.59. The van der Waals surface area contributed by atoms with Crippen LogP contribution in [0.15, 0.2) is 24.3 Å². The van der Waals surface area contributed by atoms with Gasteiger partial charge in [-0.3, -0.25) is 4.79 Å². The second-order valence-corrected chi connectivity index (χ2v) is 6.30. The molecule has 0 heterocycles. The van der Waals surface area contributed by atoms with Crippen molar-refractivity contribution in [2.24, 2.45) is 0 Å². The molecule has 0 saturated heterocycles. The molecular formula is C13H21N3O3S. The van der Waals surface area contributed by atoms with E-state index in [4.69, 9.17) is 5.73 Å². The molecule has 0 radical (unpaired) electrons. The number of benzene rings is 1. The van der Waals surface area contributed by atoms with E-state index in [1.165, 1.54) is 0 Å². The molecule has 0 aliphatic carbocycles. The average Bonchev–Trinajstić information content (AvgIpc) is 2.38. The molecule has 0 bridgehead atoms. The van der Waals surface area contributed by atoms with E-state index in [0.717, 1.165) is 4.31 Å². The smallest absolute Gasteiger partial charge is 0.235 e. The number of nitrogens with two attached hydrogens (primary N) is 1. The minimum absolute atomic E-state index is 0.167. The number of hydrogen-bond acceptors (Lipinski definition) is 4. The van der Waals surface area contributed by atoms with Gasteiger partial charge in [0.1, 0.15) is 0 Å². The number of anilines is 1. The number of nitrogens with zero attached hydrogens (tertiary/aromatic N) is 1. The molecule has 1 aromatic rings. The van der Waals surface area contributed by atoms with Crippen molar-refractivity contribution in [2.45, 2.75) is 19.6 Å². The van der Waals surface area contributed by atoms with Crippen LogP contribution in [0, 0.1) is 0 Å². The Bertz CT molecular complexity index is 558. The number of likely N-dealkylation sites (N-methyl/N-ethyl adjacent to an activating group) is 2. The first-order valence-electron chi connectivity index (χ1n) is 6.48. The van der Waals surface area contributed by atoms with Crippen LogP contribution in [0.3, 0.4) is 0 Å². The molecule has 1 rings (SSSR count). The summed E-state index contributed by atoms with van der Waals surface area (Å²) in [7, 11) is -3.57. The molecule has 0 fully saturated rings. The van der Waals surface area contributed by atoms with Gasteiger partial charge in [-0.25, -0.2) is 8.42 Å². The first kappa shape index (κ1) is 16.5. The molecule has 20 heavy (non-hydrogen) atoms. The first-order valence-corrected chi connectivity index (χ1v) is 8.09. The van der Waals surface area contributed by atoms with Gasteiger partial charge in [-0.05, 0) is 18.6 Å². The van der Waals surface area contributed by atoms with E-state index in [1.807, 2.05) is 0 Å². The summed E-state index contributed by atoms with van der Waals surface area (Å²) in [6.45, 7) is 4.03. The number of rotatable bonds is 7. The summed E-state index contributed by atoms with van der Waals surface area (Å²) in [6.07, 6.45) is 0. The van der Waals surface area contributed by atoms with Gasteiger partial charge in [0.2, 0.25) is 15.9 Å². The summed E-state index contributed by atoms with van der Waals surface area (Å²) in [5.41, 5.74) is 6.73. The second-order valence-electron chi connectivity index (χ2n) is 4.33. The van der Waals surface area contributed by atoms with Gasteiger partial charge >= 0.3 is 0 Å². The molecule has 1 amide bonds. The molecule has 3 N–H and O–H groups in total. The summed E-state index contributed by atoms with van der Waals surface area (Å²) >= 11 is 0. The Hall–Kier alpha value is -1.60. The topological polar surface area (TPSA) is 92.5 Å². The maximum atomic E-state index is 12.3. The van der Waals surface area contributed by atoms with Crippen LogP contribution in [0.2, 0.25) is 0 Å². The lowest BCUT2D eigenvalue weighted by Gasteiger charge is -2.20. The largest absolute Gasteiger partial charge is 0.398 e. The van der Waals surface area contributed by atoms with Crippen LogP contribution in [0.1, 0.15) is 19.4 Å². The summed E-state index contributed by atoms with van der Waals surface area (Å²) < 4.78 is 25.8. The molecule has 1 aromatic carbocycles. The number of carbonyl (C=O) groups is 1. The van der Waals surface area contributed by atoms with Crippen molar-refractivity contribution in [3.05, 3.63) is 29.8 Å². The van der Waals surface area contributed by atoms with Crippen LogP contribution in [-0.4, -0.2) is 38.3 Å². The van der Waals surface area contributed by atoms with E-state index in [1.54, 1.807) is 38.1 Å². The molecule has 0 aliphatic rings. The fourth-order valence-electron chi connectivity index (χ4n) is 1.77. The lowest BCUT2D eigenvalue weighted by molar-refractivity contribution is -0.121. The summed E-state index contributed by atoms with van der Waals surface area (Å²) in [6, 6.07) is 6.82. The SMILES string of the molecule is CCNC(=O)CN(CC)S(=O)(=O)Cc1ccccc1N. The quantitative estimate of drug-likeness (QED) is 0.719. The third kappa shape index (κ3) is 4.50. The number of nitrogens with one attached hydrogen (secondary N) is 1. The monoisotopic (exact) mass is 299 g/mol. The Kier molecular flexibility index (Phi) is 5.97. The van der Waals surface area contributed by atoms with Crippen molar-refractivity contribution in [2.75, 3.05) is 25.4 Å². The first-order chi connectivity index (χ1) is 9.40. The van der Waals surface area contributed by atoms with Crippen molar-refractivity contribution in [3.8, 4) is 0 Å². The van der Waals surface area contributed by atoms with Gasteiger partial charge in [0.15, 0.2) is 0 Å². The van der Waals surface area contributed by atoms with Crippen molar-refractivity contribution < 1.29 is 13.2 Å². The Labute approximate surface area is 120 Å². The fourth-order valence-corrected chi connectivity index (χ4v) is 3.32. The third-order valence-electron chi connectivity index (χ3n) is 2.83. The predicted molar refractivity (Wildman–Crippen MR) is 79.4 cm³/mol. The molecule has 112 valence electrons. The van der Waals surface area contributed by atoms with Gasteiger partial charge in [0.05, 0.1) is 12.3 Å². The van der Waals surface area contributed by atoms with Gasteiger partial charge in [-0.1, -0.05) is 25.1 Å². The van der Waals surface area contributed by atoms with Gasteiger partial charge in [-0.2, -0.15) is 4.31 Å². The Balaban J connectivity index is 2.85. The number of amides is 1. The molecule has 0 spiro atoms. The maximum Gasteiger partial charge on any atom is 0.235 e. The third-order valence-corrected chi connectivity index (χ3v) is 4.68. The molecule has 0 aromatic heterocycles. The Morgan fingerprint density at radius 1 is 1.30 bits per heavy atom. The van der Waals surface area contributed by atoms with E-state index in [2.05, 4.69) is 5.32 Å². The van der Waals surface area contributed by atoms with Crippen LogP contribution in [0.25, 0.3) is 0 Å². The number of para-hydroxylation sites is 1. The second kappa shape index (κ2) is 7.25. The van der Waals surface area contributed by atoms with Crippen LogP contribution in [0.5, 0.6) is 0 Å². The Morgan fingerprint density at radius 3 is 2.50 bits per heavy atom. The molecule has 0 saturated carbocycles. The minimum Gasteiger partial charge on any atom is -0.398 e. The lowest BCUT2D eigenvalue weighted by Crippen LogP contribution is -2.41. The van der Waals surface area contributed by atoms with E-state index in [-0.39, 0.29) is 24.7 Å². The van der Waals surface area contributed by atoms with Crippen LogP contribution in [0.4, 0.5) is 5.69 Å². The minimum atomic E-state index is -3.57. The van der Waals surface area contributed by atoms with Crippen LogP contribution >= 0.6 is 0 Å². The summed E-state index contributed by atoms with van der Waals surface area (Å²) in [5.74, 6) is -0.508. The number of hydrogen-bond donors (Lipinski definition) is 2. The normalized spacial score (nSPS) is 11.6. The van der Waals surface area contributed by atoms with Gasteiger partial charge in [-0.15, -0.1) is 0 Å². The number of nitrogen functional groups attached to an aromatic ring is 1. The van der Waals surface area contributed by atoms with Gasteiger partial charge < -0.3 is 11.1 Å². The van der Waals surface area contributed by atoms with Gasteiger partial charge in [0, 0.05) is 18.8 Å². The zero-order chi connectivity index (χ0) is 15.2. The highest BCUT2D eigenvalue weighted by atomic mass is 32.2. The molecule has 0 unspecified atom stereocenters. The summed E-state index contributed by atoms with van der Waals surface area (Å²) in [4.78, 5) is 11.5. The molecule has 6 nitrogen and oxygen atoms in total. The standard InChI is InChI=1S/C13H21N3O3S/c1-3-15-13(17)9-16(4-2)20(18,19)10-11-7-5-6-8-12(11)14/h5-8H,3-4,9-10,14H2,1-2H3,(H,15,17). The zero-order valence-electron chi connectivity index (χ0n) is 11.8. The van der Waals surface area contributed by atoms with Crippen LogP contribution in [-0.2, 0) is 20.6 Å². The Morgan fingerprint density at radius 2 is 1.95 bits per heavy atom. The molecule has 7 heteroatoms. The van der Waals surface area contributed by atoms with E-state index >= 15 is 0 Å². The van der Waals surface area contributed by atoms with Crippen LogP contribution < -0.4 is 11.1 Å². The lowest BCUT2D eigenvalue weighted by atomic mass is 10.2. The predicted octanol–water partition coefficient (Wildman–Crippen LogP) is 0.557. The van der Waals surface area contributed by atoms with Crippen molar-refractivity contribution in [3.63, 3.8) is 0 Å². The van der Waals surface area contributed by atoms with E-state index < -0.39 is 10.0 Å². The maximum absolute atomic E-state index is 12.3. The number of sulfonamides is 1.